The van der Waals surface area contributed by atoms with Crippen molar-refractivity contribution < 1.29 is 8.42 Å². The van der Waals surface area contributed by atoms with Crippen LogP contribution in [0.4, 0.5) is 0 Å². The first kappa shape index (κ1) is 12.9. The zero-order valence-electron chi connectivity index (χ0n) is 10.0. The van der Waals surface area contributed by atoms with Crippen LogP contribution in [0.25, 0.3) is 0 Å². The van der Waals surface area contributed by atoms with Crippen LogP contribution in [-0.4, -0.2) is 37.6 Å². The Hall–Kier alpha value is -0.130. The maximum atomic E-state index is 12.0. The standard InChI is InChI=1S/C10H22N2O2S/c1-8-5-12(6-9(8)11)15(13,14)7-10(2,3)4/h8-9H,5-7,11H2,1-4H3. The van der Waals surface area contributed by atoms with E-state index in [-0.39, 0.29) is 23.1 Å². The minimum absolute atomic E-state index is 0.0141. The minimum Gasteiger partial charge on any atom is -0.326 e. The van der Waals surface area contributed by atoms with Gasteiger partial charge in [-0.1, -0.05) is 27.7 Å². The van der Waals surface area contributed by atoms with Crippen LogP contribution in [0.2, 0.25) is 0 Å². The van der Waals surface area contributed by atoms with Crippen molar-refractivity contribution in [2.24, 2.45) is 17.1 Å². The summed E-state index contributed by atoms with van der Waals surface area (Å²) in [6.45, 7) is 8.84. The maximum Gasteiger partial charge on any atom is 0.214 e. The van der Waals surface area contributed by atoms with Crippen molar-refractivity contribution >= 4 is 10.0 Å². The molecule has 0 aromatic carbocycles. The first-order valence-corrected chi connectivity index (χ1v) is 6.96. The third-order valence-electron chi connectivity index (χ3n) is 2.65. The molecule has 0 bridgehead atoms. The second kappa shape index (κ2) is 4.03. The molecular formula is C10H22N2O2S. The summed E-state index contributed by atoms with van der Waals surface area (Å²) in [5, 5.41) is 0. The molecule has 0 spiro atoms. The highest BCUT2D eigenvalue weighted by Gasteiger charge is 2.36. The van der Waals surface area contributed by atoms with Gasteiger partial charge in [-0.15, -0.1) is 0 Å². The van der Waals surface area contributed by atoms with E-state index in [0.717, 1.165) is 0 Å². The molecule has 1 aliphatic rings. The zero-order chi connectivity index (χ0) is 11.9. The van der Waals surface area contributed by atoms with Crippen molar-refractivity contribution in [1.29, 1.82) is 0 Å². The number of rotatable bonds is 2. The molecule has 1 saturated heterocycles. The van der Waals surface area contributed by atoms with Gasteiger partial charge in [-0.2, -0.15) is 0 Å². The summed E-state index contributed by atoms with van der Waals surface area (Å²) in [6.07, 6.45) is 0. The second-order valence-electron chi connectivity index (χ2n) is 5.78. The highest BCUT2D eigenvalue weighted by atomic mass is 32.2. The van der Waals surface area contributed by atoms with Crippen LogP contribution >= 0.6 is 0 Å². The van der Waals surface area contributed by atoms with Gasteiger partial charge in [0.15, 0.2) is 0 Å². The van der Waals surface area contributed by atoms with Crippen LogP contribution in [0.15, 0.2) is 0 Å². The van der Waals surface area contributed by atoms with Gasteiger partial charge in [-0.3, -0.25) is 0 Å². The van der Waals surface area contributed by atoms with E-state index in [0.29, 0.717) is 13.1 Å². The van der Waals surface area contributed by atoms with E-state index < -0.39 is 10.0 Å². The summed E-state index contributed by atoms with van der Waals surface area (Å²) in [4.78, 5) is 0. The van der Waals surface area contributed by atoms with Gasteiger partial charge < -0.3 is 5.73 Å². The molecule has 0 radical (unpaired) electrons. The molecule has 4 nitrogen and oxygen atoms in total. The van der Waals surface area contributed by atoms with Gasteiger partial charge in [0, 0.05) is 19.1 Å². The first-order valence-electron chi connectivity index (χ1n) is 5.35. The lowest BCUT2D eigenvalue weighted by Gasteiger charge is -2.23. The summed E-state index contributed by atoms with van der Waals surface area (Å²) in [7, 11) is -3.13. The number of sulfonamides is 1. The number of nitrogens with zero attached hydrogens (tertiary/aromatic N) is 1. The van der Waals surface area contributed by atoms with Crippen molar-refractivity contribution in [2.75, 3.05) is 18.8 Å². The second-order valence-corrected chi connectivity index (χ2v) is 7.74. The molecule has 1 rings (SSSR count). The van der Waals surface area contributed by atoms with E-state index in [1.54, 1.807) is 0 Å². The van der Waals surface area contributed by atoms with Gasteiger partial charge in [-0.05, 0) is 11.3 Å². The fraction of sp³-hybridized carbons (Fsp3) is 1.00. The summed E-state index contributed by atoms with van der Waals surface area (Å²) in [5.74, 6) is 0.458. The Morgan fingerprint density at radius 1 is 1.33 bits per heavy atom. The third kappa shape index (κ3) is 3.43. The van der Waals surface area contributed by atoms with Crippen LogP contribution in [0, 0.1) is 11.3 Å². The number of nitrogens with two attached hydrogens (primary N) is 1. The summed E-state index contributed by atoms with van der Waals surface area (Å²) in [6, 6.07) is -0.0141. The van der Waals surface area contributed by atoms with Gasteiger partial charge in [-0.25, -0.2) is 12.7 Å². The molecule has 0 aliphatic carbocycles. The van der Waals surface area contributed by atoms with E-state index in [1.165, 1.54) is 4.31 Å². The highest BCUT2D eigenvalue weighted by molar-refractivity contribution is 7.89. The summed E-state index contributed by atoms with van der Waals surface area (Å²) < 4.78 is 25.6. The molecule has 1 fully saturated rings. The number of hydrogen-bond acceptors (Lipinski definition) is 3. The van der Waals surface area contributed by atoms with E-state index >= 15 is 0 Å². The first-order chi connectivity index (χ1) is 6.62. The Balaban J connectivity index is 2.72. The lowest BCUT2D eigenvalue weighted by atomic mass is 10.0. The monoisotopic (exact) mass is 234 g/mol. The Labute approximate surface area is 92.9 Å². The molecule has 90 valence electrons. The molecule has 2 atom stereocenters. The fourth-order valence-corrected chi connectivity index (χ4v) is 3.95. The van der Waals surface area contributed by atoms with E-state index in [4.69, 9.17) is 5.73 Å². The average Bonchev–Trinajstić information content (AvgIpc) is 2.27. The Morgan fingerprint density at radius 2 is 1.87 bits per heavy atom. The Kier molecular flexibility index (Phi) is 3.48. The third-order valence-corrected chi connectivity index (χ3v) is 4.96. The average molecular weight is 234 g/mol. The largest absolute Gasteiger partial charge is 0.326 e. The van der Waals surface area contributed by atoms with Crippen LogP contribution in [0.1, 0.15) is 27.7 Å². The molecule has 0 aromatic heterocycles. The van der Waals surface area contributed by atoms with Crippen molar-refractivity contribution in [1.82, 2.24) is 4.31 Å². The van der Waals surface area contributed by atoms with Crippen LogP contribution in [0.5, 0.6) is 0 Å². The predicted octanol–water partition coefficient (Wildman–Crippen LogP) is 0.641. The van der Waals surface area contributed by atoms with Gasteiger partial charge in [0.1, 0.15) is 0 Å². The lowest BCUT2D eigenvalue weighted by molar-refractivity contribution is 0.419. The van der Waals surface area contributed by atoms with Crippen LogP contribution < -0.4 is 5.73 Å². The van der Waals surface area contributed by atoms with E-state index in [9.17, 15) is 8.42 Å². The van der Waals surface area contributed by atoms with E-state index in [1.807, 2.05) is 27.7 Å². The normalized spacial score (nSPS) is 29.7. The lowest BCUT2D eigenvalue weighted by Crippen LogP contribution is -2.37. The Morgan fingerprint density at radius 3 is 2.20 bits per heavy atom. The topological polar surface area (TPSA) is 63.4 Å². The SMILES string of the molecule is CC1CN(S(=O)(=O)CC(C)(C)C)CC1N. The van der Waals surface area contributed by atoms with Gasteiger partial charge in [0.25, 0.3) is 0 Å². The van der Waals surface area contributed by atoms with Gasteiger partial charge in [0.05, 0.1) is 5.75 Å². The molecule has 1 heterocycles. The van der Waals surface area contributed by atoms with Crippen molar-refractivity contribution in [3.8, 4) is 0 Å². The van der Waals surface area contributed by atoms with E-state index in [2.05, 4.69) is 0 Å². The van der Waals surface area contributed by atoms with Crippen LogP contribution in [0.3, 0.4) is 0 Å². The Bertz CT molecular complexity index is 309. The molecule has 1 aliphatic heterocycles. The highest BCUT2D eigenvalue weighted by Crippen LogP contribution is 2.23. The smallest absolute Gasteiger partial charge is 0.214 e. The van der Waals surface area contributed by atoms with Crippen molar-refractivity contribution in [3.63, 3.8) is 0 Å². The maximum absolute atomic E-state index is 12.0. The summed E-state index contributed by atoms with van der Waals surface area (Å²) in [5.41, 5.74) is 5.62. The van der Waals surface area contributed by atoms with Gasteiger partial charge >= 0.3 is 0 Å². The van der Waals surface area contributed by atoms with Crippen molar-refractivity contribution in [2.45, 2.75) is 33.7 Å². The summed E-state index contributed by atoms with van der Waals surface area (Å²) >= 11 is 0. The van der Waals surface area contributed by atoms with Crippen LogP contribution in [-0.2, 0) is 10.0 Å². The molecule has 0 amide bonds. The zero-order valence-corrected chi connectivity index (χ0v) is 10.8. The van der Waals surface area contributed by atoms with Gasteiger partial charge in [0.2, 0.25) is 10.0 Å². The molecular weight excluding hydrogens is 212 g/mol. The quantitative estimate of drug-likeness (QED) is 0.762. The molecule has 15 heavy (non-hydrogen) atoms. The molecule has 2 N–H and O–H groups in total. The predicted molar refractivity (Wildman–Crippen MR) is 62.0 cm³/mol. The molecule has 2 unspecified atom stereocenters. The molecule has 5 heteroatoms. The fourth-order valence-electron chi connectivity index (χ4n) is 1.81. The number of hydrogen-bond donors (Lipinski definition) is 1. The van der Waals surface area contributed by atoms with Crippen molar-refractivity contribution in [3.05, 3.63) is 0 Å². The molecule has 0 aromatic rings. The molecule has 0 saturated carbocycles. The minimum atomic E-state index is -3.13.